The van der Waals surface area contributed by atoms with Crippen molar-refractivity contribution in [2.45, 2.75) is 104 Å². The summed E-state index contributed by atoms with van der Waals surface area (Å²) in [6, 6.07) is 4.95. The van der Waals surface area contributed by atoms with Crippen molar-refractivity contribution >= 4 is 5.78 Å². The molecule has 3 heteroatoms. The number of hydrogen-bond donors (Lipinski definition) is 1. The highest BCUT2D eigenvalue weighted by Crippen LogP contribution is 2.25. The fourth-order valence-electron chi connectivity index (χ4n) is 3.44. The van der Waals surface area contributed by atoms with Gasteiger partial charge < -0.3 is 9.84 Å². The Bertz CT molecular complexity index is 510. The van der Waals surface area contributed by atoms with E-state index < -0.39 is 0 Å². The number of phenolic OH excluding ortho intramolecular Hbond substituents is 1. The maximum absolute atomic E-state index is 12.2. The summed E-state index contributed by atoms with van der Waals surface area (Å²) < 4.78 is 5.33. The van der Waals surface area contributed by atoms with Gasteiger partial charge in [-0.3, -0.25) is 4.79 Å². The molecule has 27 heavy (non-hydrogen) atoms. The number of unbranched alkanes of at least 4 members (excludes halogenated alkanes) is 12. The first-order valence-electron chi connectivity index (χ1n) is 11.2. The Labute approximate surface area is 166 Å². The zero-order chi connectivity index (χ0) is 19.7. The molecule has 0 bridgehead atoms. The first kappa shape index (κ1) is 23.5. The first-order chi connectivity index (χ1) is 13.2. The number of carbonyl (C=O) groups excluding carboxylic acids is 1. The van der Waals surface area contributed by atoms with Crippen molar-refractivity contribution in [1.82, 2.24) is 0 Å². The third-order valence-corrected chi connectivity index (χ3v) is 5.09. The zero-order valence-corrected chi connectivity index (χ0v) is 17.6. The molecule has 0 spiro atoms. The molecule has 0 fully saturated rings. The van der Waals surface area contributed by atoms with Crippen molar-refractivity contribution < 1.29 is 14.6 Å². The fourth-order valence-corrected chi connectivity index (χ4v) is 3.44. The summed E-state index contributed by atoms with van der Waals surface area (Å²) in [6.45, 7) is 4.70. The minimum absolute atomic E-state index is 0.0265. The van der Waals surface area contributed by atoms with E-state index in [9.17, 15) is 9.90 Å². The van der Waals surface area contributed by atoms with E-state index in [-0.39, 0.29) is 11.5 Å². The minimum atomic E-state index is 0.0265. The molecule has 1 aromatic carbocycles. The lowest BCUT2D eigenvalue weighted by atomic mass is 10.0. The summed E-state index contributed by atoms with van der Waals surface area (Å²) in [5, 5.41) is 9.99. The Balaban J connectivity index is 2.01. The molecule has 1 N–H and O–H groups in total. The molecule has 0 aliphatic heterocycles. The van der Waals surface area contributed by atoms with Crippen molar-refractivity contribution in [2.75, 3.05) is 6.61 Å². The molecule has 0 heterocycles. The Kier molecular flexibility index (Phi) is 13.5. The van der Waals surface area contributed by atoms with Gasteiger partial charge in [0.25, 0.3) is 0 Å². The number of rotatable bonds is 17. The van der Waals surface area contributed by atoms with Crippen LogP contribution in [0.5, 0.6) is 11.5 Å². The first-order valence-corrected chi connectivity index (χ1v) is 11.2. The van der Waals surface area contributed by atoms with Crippen LogP contribution in [-0.4, -0.2) is 17.5 Å². The minimum Gasteiger partial charge on any atom is -0.507 e. The van der Waals surface area contributed by atoms with E-state index in [1.807, 2.05) is 6.92 Å². The zero-order valence-electron chi connectivity index (χ0n) is 17.6. The highest BCUT2D eigenvalue weighted by atomic mass is 16.5. The highest BCUT2D eigenvalue weighted by Gasteiger charge is 2.11. The molecule has 0 saturated heterocycles. The third kappa shape index (κ3) is 11.0. The SMILES string of the molecule is CCCCCCCCCCCCCCCC(=O)c1ccc(OCC)cc1O. The quantitative estimate of drug-likeness (QED) is 0.227. The number of hydrogen-bond acceptors (Lipinski definition) is 3. The fraction of sp³-hybridized carbons (Fsp3) is 0.708. The van der Waals surface area contributed by atoms with Gasteiger partial charge in [0, 0.05) is 12.5 Å². The molecule has 0 aromatic heterocycles. The average molecular weight is 377 g/mol. The summed E-state index contributed by atoms with van der Waals surface area (Å²) in [5.41, 5.74) is 0.414. The van der Waals surface area contributed by atoms with Crippen LogP contribution in [0.3, 0.4) is 0 Å². The van der Waals surface area contributed by atoms with Crippen LogP contribution >= 0.6 is 0 Å². The normalized spacial score (nSPS) is 10.9. The Morgan fingerprint density at radius 3 is 1.81 bits per heavy atom. The predicted molar refractivity (Wildman–Crippen MR) is 114 cm³/mol. The lowest BCUT2D eigenvalue weighted by molar-refractivity contribution is 0.0976. The van der Waals surface area contributed by atoms with Crippen LogP contribution in [0.15, 0.2) is 18.2 Å². The molecule has 3 nitrogen and oxygen atoms in total. The van der Waals surface area contributed by atoms with Gasteiger partial charge in [-0.05, 0) is 25.5 Å². The van der Waals surface area contributed by atoms with Crippen LogP contribution in [0.25, 0.3) is 0 Å². The van der Waals surface area contributed by atoms with Gasteiger partial charge in [0.2, 0.25) is 0 Å². The van der Waals surface area contributed by atoms with E-state index in [0.29, 0.717) is 24.3 Å². The number of carbonyl (C=O) groups is 1. The Morgan fingerprint density at radius 1 is 0.815 bits per heavy atom. The number of phenols is 1. The van der Waals surface area contributed by atoms with Crippen molar-refractivity contribution in [3.63, 3.8) is 0 Å². The number of Topliss-reactive ketones (excluding diaryl/α,β-unsaturated/α-hetero) is 1. The van der Waals surface area contributed by atoms with E-state index in [1.165, 1.54) is 76.7 Å². The monoisotopic (exact) mass is 376 g/mol. The molecule has 0 aliphatic carbocycles. The van der Waals surface area contributed by atoms with Crippen LogP contribution < -0.4 is 4.74 Å². The second kappa shape index (κ2) is 15.5. The molecule has 1 rings (SSSR count). The summed E-state index contributed by atoms with van der Waals surface area (Å²) in [4.78, 5) is 12.2. The van der Waals surface area contributed by atoms with E-state index in [4.69, 9.17) is 4.74 Å². The van der Waals surface area contributed by atoms with E-state index in [2.05, 4.69) is 6.92 Å². The molecule has 0 saturated carbocycles. The van der Waals surface area contributed by atoms with Gasteiger partial charge in [-0.25, -0.2) is 0 Å². The predicted octanol–water partition coefficient (Wildman–Crippen LogP) is 7.45. The number of ketones is 1. The van der Waals surface area contributed by atoms with Gasteiger partial charge in [0.15, 0.2) is 5.78 Å². The van der Waals surface area contributed by atoms with E-state index in [0.717, 1.165) is 12.8 Å². The van der Waals surface area contributed by atoms with Crippen LogP contribution in [-0.2, 0) is 0 Å². The lowest BCUT2D eigenvalue weighted by Gasteiger charge is -2.07. The van der Waals surface area contributed by atoms with Gasteiger partial charge >= 0.3 is 0 Å². The summed E-state index contributed by atoms with van der Waals surface area (Å²) in [5.74, 6) is 0.659. The largest absolute Gasteiger partial charge is 0.507 e. The van der Waals surface area contributed by atoms with Crippen LogP contribution in [0.1, 0.15) is 114 Å². The molecular weight excluding hydrogens is 336 g/mol. The van der Waals surface area contributed by atoms with E-state index in [1.54, 1.807) is 12.1 Å². The number of ether oxygens (including phenoxy) is 1. The number of benzene rings is 1. The smallest absolute Gasteiger partial charge is 0.166 e. The standard InChI is InChI=1S/C24H40O3/c1-3-5-6-7-8-9-10-11-12-13-14-15-16-17-23(25)22-19-18-21(27-4-2)20-24(22)26/h18-20,26H,3-17H2,1-2H3. The van der Waals surface area contributed by atoms with Crippen molar-refractivity contribution in [3.8, 4) is 11.5 Å². The van der Waals surface area contributed by atoms with Crippen LogP contribution in [0, 0.1) is 0 Å². The van der Waals surface area contributed by atoms with Crippen molar-refractivity contribution in [1.29, 1.82) is 0 Å². The molecule has 0 unspecified atom stereocenters. The molecule has 1 aromatic rings. The third-order valence-electron chi connectivity index (χ3n) is 5.09. The molecule has 0 amide bonds. The highest BCUT2D eigenvalue weighted by molar-refractivity contribution is 5.98. The van der Waals surface area contributed by atoms with E-state index >= 15 is 0 Å². The summed E-state index contributed by atoms with van der Waals surface area (Å²) >= 11 is 0. The van der Waals surface area contributed by atoms with Gasteiger partial charge in [-0.1, -0.05) is 84.0 Å². The number of aromatic hydroxyl groups is 1. The Morgan fingerprint density at radius 2 is 1.33 bits per heavy atom. The second-order valence-electron chi connectivity index (χ2n) is 7.53. The van der Waals surface area contributed by atoms with Gasteiger partial charge in [-0.15, -0.1) is 0 Å². The van der Waals surface area contributed by atoms with Gasteiger partial charge in [-0.2, -0.15) is 0 Å². The van der Waals surface area contributed by atoms with Crippen molar-refractivity contribution in [3.05, 3.63) is 23.8 Å². The average Bonchev–Trinajstić information content (AvgIpc) is 2.65. The summed E-state index contributed by atoms with van der Waals surface area (Å²) in [6.07, 6.45) is 17.4. The molecule has 154 valence electrons. The van der Waals surface area contributed by atoms with Gasteiger partial charge in [0.05, 0.1) is 12.2 Å². The van der Waals surface area contributed by atoms with Crippen LogP contribution in [0.4, 0.5) is 0 Å². The second-order valence-corrected chi connectivity index (χ2v) is 7.53. The lowest BCUT2D eigenvalue weighted by Crippen LogP contribution is -2.00. The Hall–Kier alpha value is -1.51. The maximum atomic E-state index is 12.2. The molecule has 0 atom stereocenters. The van der Waals surface area contributed by atoms with Crippen molar-refractivity contribution in [2.24, 2.45) is 0 Å². The summed E-state index contributed by atoms with van der Waals surface area (Å²) in [7, 11) is 0. The maximum Gasteiger partial charge on any atom is 0.166 e. The topological polar surface area (TPSA) is 46.5 Å². The van der Waals surface area contributed by atoms with Gasteiger partial charge in [0.1, 0.15) is 11.5 Å². The molecule has 0 radical (unpaired) electrons. The molecular formula is C24H40O3. The van der Waals surface area contributed by atoms with Crippen LogP contribution in [0.2, 0.25) is 0 Å². The molecule has 0 aliphatic rings.